The fourth-order valence-electron chi connectivity index (χ4n) is 5.01. The van der Waals surface area contributed by atoms with Gasteiger partial charge < -0.3 is 20.1 Å². The van der Waals surface area contributed by atoms with Crippen molar-refractivity contribution in [3.05, 3.63) is 138 Å². The monoisotopic (exact) mass is 586 g/mol. The van der Waals surface area contributed by atoms with Gasteiger partial charge in [-0.1, -0.05) is 84.9 Å². The number of nitrogens with zero attached hydrogens (tertiary/aromatic N) is 4. The molecule has 0 radical (unpaired) electrons. The molecule has 6 rings (SSSR count). The van der Waals surface area contributed by atoms with Gasteiger partial charge in [0.15, 0.2) is 0 Å². The second kappa shape index (κ2) is 13.9. The van der Waals surface area contributed by atoms with E-state index < -0.39 is 0 Å². The minimum Gasteiger partial charge on any atom is -0.337 e. The van der Waals surface area contributed by atoms with Crippen LogP contribution in [0.25, 0.3) is 21.3 Å². The molecule has 0 fully saturated rings. The van der Waals surface area contributed by atoms with Crippen molar-refractivity contribution in [1.29, 1.82) is 0 Å². The number of fused-ring (bicyclic) bond motifs is 1. The third-order valence-corrected chi connectivity index (χ3v) is 8.24. The van der Waals surface area contributed by atoms with Crippen molar-refractivity contribution < 1.29 is 4.79 Å². The van der Waals surface area contributed by atoms with E-state index in [1.54, 1.807) is 23.9 Å². The van der Waals surface area contributed by atoms with Crippen LogP contribution in [0.3, 0.4) is 0 Å². The van der Waals surface area contributed by atoms with Gasteiger partial charge in [0, 0.05) is 55.2 Å². The molecule has 6 aromatic rings. The Bertz CT molecular complexity index is 1750. The zero-order chi connectivity index (χ0) is 29.3. The number of imidazole rings is 1. The summed E-state index contributed by atoms with van der Waals surface area (Å²) in [6, 6.07) is 33.0. The topological polar surface area (TPSA) is 75.1 Å². The number of aryl methyl sites for hydroxylation is 1. The third kappa shape index (κ3) is 7.74. The van der Waals surface area contributed by atoms with Crippen LogP contribution in [0.1, 0.15) is 23.2 Å². The standard InChI is InChI=1S/C35H34N6OS/c42-35(39-32-16-15-29-9-4-5-10-31(29)21-32)41(19-6-18-40-20-17-36-26-40)24-33-25-43-34(38-33)30-13-11-28(12-14-30)23-37-22-27-7-2-1-3-8-27/h1-5,7-17,20-21,25-26,37H,6,18-19,22-24H2,(H,39,42). The molecule has 2 heterocycles. The molecule has 2 aromatic heterocycles. The molecule has 0 aliphatic rings. The van der Waals surface area contributed by atoms with Gasteiger partial charge in [-0.15, -0.1) is 11.3 Å². The third-order valence-electron chi connectivity index (χ3n) is 7.30. The normalized spacial score (nSPS) is 11.1. The van der Waals surface area contributed by atoms with Gasteiger partial charge >= 0.3 is 6.03 Å². The predicted molar refractivity (Wildman–Crippen MR) is 175 cm³/mol. The Morgan fingerprint density at radius 2 is 1.63 bits per heavy atom. The van der Waals surface area contributed by atoms with Gasteiger partial charge in [0.2, 0.25) is 0 Å². The number of hydrogen-bond acceptors (Lipinski definition) is 5. The Hall–Kier alpha value is -4.79. The smallest absolute Gasteiger partial charge is 0.322 e. The summed E-state index contributed by atoms with van der Waals surface area (Å²) in [5.41, 5.74) is 5.24. The largest absolute Gasteiger partial charge is 0.337 e. The number of amides is 2. The molecule has 216 valence electrons. The van der Waals surface area contributed by atoms with Crippen molar-refractivity contribution in [2.24, 2.45) is 0 Å². The average Bonchev–Trinajstić information content (AvgIpc) is 3.74. The lowest BCUT2D eigenvalue weighted by Gasteiger charge is -2.22. The summed E-state index contributed by atoms with van der Waals surface area (Å²) in [6.07, 6.45) is 6.32. The second-order valence-electron chi connectivity index (χ2n) is 10.5. The van der Waals surface area contributed by atoms with Crippen LogP contribution in [0.5, 0.6) is 0 Å². The van der Waals surface area contributed by atoms with Crippen LogP contribution in [0, 0.1) is 0 Å². The molecule has 0 saturated carbocycles. The highest BCUT2D eigenvalue weighted by Gasteiger charge is 2.17. The molecule has 43 heavy (non-hydrogen) atoms. The van der Waals surface area contributed by atoms with Crippen molar-refractivity contribution in [2.75, 3.05) is 11.9 Å². The van der Waals surface area contributed by atoms with Crippen LogP contribution in [0.2, 0.25) is 0 Å². The molecular weight excluding hydrogens is 552 g/mol. The van der Waals surface area contributed by atoms with Gasteiger partial charge in [-0.05, 0) is 40.5 Å². The van der Waals surface area contributed by atoms with Crippen molar-refractivity contribution >= 4 is 33.8 Å². The number of anilines is 1. The van der Waals surface area contributed by atoms with Gasteiger partial charge in [-0.25, -0.2) is 14.8 Å². The first-order chi connectivity index (χ1) is 21.2. The second-order valence-corrected chi connectivity index (χ2v) is 11.4. The van der Waals surface area contributed by atoms with E-state index in [4.69, 9.17) is 4.98 Å². The average molecular weight is 587 g/mol. The number of aromatic nitrogens is 3. The molecule has 7 nitrogen and oxygen atoms in total. The molecule has 0 unspecified atom stereocenters. The lowest BCUT2D eigenvalue weighted by molar-refractivity contribution is 0.206. The van der Waals surface area contributed by atoms with E-state index in [2.05, 4.69) is 81.7 Å². The minimum atomic E-state index is -0.136. The van der Waals surface area contributed by atoms with Crippen LogP contribution in [0.15, 0.2) is 121 Å². The molecule has 2 N–H and O–H groups in total. The Balaban J connectivity index is 1.10. The van der Waals surface area contributed by atoms with Gasteiger partial charge in [-0.2, -0.15) is 0 Å². The molecular formula is C35H34N6OS. The summed E-state index contributed by atoms with van der Waals surface area (Å²) in [4.78, 5) is 24.4. The van der Waals surface area contributed by atoms with E-state index in [0.717, 1.165) is 58.8 Å². The highest BCUT2D eigenvalue weighted by molar-refractivity contribution is 7.13. The Morgan fingerprint density at radius 3 is 2.42 bits per heavy atom. The molecule has 8 heteroatoms. The molecule has 0 bridgehead atoms. The first kappa shape index (κ1) is 28.3. The van der Waals surface area contributed by atoms with Gasteiger partial charge in [0.1, 0.15) is 5.01 Å². The van der Waals surface area contributed by atoms with Crippen LogP contribution in [-0.2, 0) is 26.2 Å². The maximum Gasteiger partial charge on any atom is 0.322 e. The number of carbonyl (C=O) groups is 1. The highest BCUT2D eigenvalue weighted by atomic mass is 32.1. The van der Waals surface area contributed by atoms with Crippen molar-refractivity contribution in [1.82, 2.24) is 24.8 Å². The van der Waals surface area contributed by atoms with E-state index in [-0.39, 0.29) is 6.03 Å². The first-order valence-corrected chi connectivity index (χ1v) is 15.4. The SMILES string of the molecule is O=C(Nc1ccc2ccccc2c1)N(CCCn1ccnc1)Cc1csc(-c2ccc(CNCc3ccccc3)cc2)n1. The fourth-order valence-corrected chi connectivity index (χ4v) is 5.82. The maximum atomic E-state index is 13.5. The number of carbonyl (C=O) groups excluding carboxylic acids is 1. The van der Waals surface area contributed by atoms with Crippen LogP contribution in [0.4, 0.5) is 10.5 Å². The quantitative estimate of drug-likeness (QED) is 0.155. The van der Waals surface area contributed by atoms with E-state index in [1.165, 1.54) is 11.1 Å². The minimum absolute atomic E-state index is 0.136. The number of hydrogen-bond donors (Lipinski definition) is 2. The molecule has 0 spiro atoms. The van der Waals surface area contributed by atoms with Crippen LogP contribution < -0.4 is 10.6 Å². The summed E-state index contributed by atoms with van der Waals surface area (Å²) < 4.78 is 2.03. The van der Waals surface area contributed by atoms with Crippen molar-refractivity contribution in [3.8, 4) is 10.6 Å². The lowest BCUT2D eigenvalue weighted by atomic mass is 10.1. The van der Waals surface area contributed by atoms with Crippen molar-refractivity contribution in [3.63, 3.8) is 0 Å². The lowest BCUT2D eigenvalue weighted by Crippen LogP contribution is -2.35. The molecule has 4 aromatic carbocycles. The number of rotatable bonds is 12. The summed E-state index contributed by atoms with van der Waals surface area (Å²) in [5, 5.41) is 11.8. The van der Waals surface area contributed by atoms with Gasteiger partial charge in [0.25, 0.3) is 0 Å². The number of benzene rings is 4. The van der Waals surface area contributed by atoms with E-state index in [1.807, 2.05) is 52.1 Å². The molecule has 0 saturated heterocycles. The zero-order valence-corrected chi connectivity index (χ0v) is 24.7. The summed E-state index contributed by atoms with van der Waals surface area (Å²) in [6.45, 7) is 3.45. The van der Waals surface area contributed by atoms with Gasteiger partial charge in [-0.3, -0.25) is 0 Å². The van der Waals surface area contributed by atoms with E-state index in [0.29, 0.717) is 13.1 Å². The number of thiazole rings is 1. The molecule has 0 aliphatic carbocycles. The maximum absolute atomic E-state index is 13.5. The fraction of sp³-hybridized carbons (Fsp3) is 0.171. The highest BCUT2D eigenvalue weighted by Crippen LogP contribution is 2.25. The Kier molecular flexibility index (Phi) is 9.17. The van der Waals surface area contributed by atoms with Crippen LogP contribution >= 0.6 is 11.3 Å². The van der Waals surface area contributed by atoms with Crippen molar-refractivity contribution in [2.45, 2.75) is 32.6 Å². The van der Waals surface area contributed by atoms with E-state index >= 15 is 0 Å². The predicted octanol–water partition coefficient (Wildman–Crippen LogP) is 7.57. The molecule has 0 atom stereocenters. The summed E-state index contributed by atoms with van der Waals surface area (Å²) >= 11 is 1.61. The number of urea groups is 1. The molecule has 0 aliphatic heterocycles. The summed E-state index contributed by atoms with van der Waals surface area (Å²) in [7, 11) is 0. The molecule has 2 amide bonds. The van der Waals surface area contributed by atoms with Gasteiger partial charge in [0.05, 0.1) is 18.6 Å². The number of nitrogens with one attached hydrogen (secondary N) is 2. The Labute approximate surface area is 255 Å². The Morgan fingerprint density at radius 1 is 0.860 bits per heavy atom. The first-order valence-electron chi connectivity index (χ1n) is 14.5. The summed E-state index contributed by atoms with van der Waals surface area (Å²) in [5.74, 6) is 0. The zero-order valence-electron chi connectivity index (χ0n) is 23.9. The van der Waals surface area contributed by atoms with Crippen LogP contribution in [-0.4, -0.2) is 32.0 Å². The van der Waals surface area contributed by atoms with E-state index in [9.17, 15) is 4.79 Å².